The monoisotopic (exact) mass is 396 g/mol. The van der Waals surface area contributed by atoms with Gasteiger partial charge in [-0.1, -0.05) is 6.07 Å². The highest BCUT2D eigenvalue weighted by molar-refractivity contribution is 5.94. The number of nitrogens with zero attached hydrogens (tertiary/aromatic N) is 4. The number of ether oxygens (including phenoxy) is 1. The molecule has 6 nitrogen and oxygen atoms in total. The molecule has 0 radical (unpaired) electrons. The van der Waals surface area contributed by atoms with Gasteiger partial charge in [0.25, 0.3) is 0 Å². The lowest BCUT2D eigenvalue weighted by molar-refractivity contribution is 0.0793. The molecular formula is C22H25FN4O2. The van der Waals surface area contributed by atoms with E-state index >= 15 is 0 Å². The van der Waals surface area contributed by atoms with Gasteiger partial charge >= 0.3 is 6.03 Å². The second-order valence-electron chi connectivity index (χ2n) is 8.49. The molecule has 0 N–H and O–H groups in total. The van der Waals surface area contributed by atoms with E-state index in [0.717, 1.165) is 44.8 Å². The summed E-state index contributed by atoms with van der Waals surface area (Å²) in [5.41, 5.74) is 0.783. The Kier molecular flexibility index (Phi) is 4.33. The van der Waals surface area contributed by atoms with Crippen LogP contribution in [0.15, 0.2) is 42.6 Å². The highest BCUT2D eigenvalue weighted by Gasteiger charge is 2.48. The topological polar surface area (TPSA) is 48.9 Å². The number of hydrogen-bond acceptors (Lipinski definition) is 4. The molecule has 152 valence electrons. The van der Waals surface area contributed by atoms with Gasteiger partial charge in [0.15, 0.2) is 0 Å². The van der Waals surface area contributed by atoms with Gasteiger partial charge in [0.2, 0.25) is 0 Å². The second-order valence-corrected chi connectivity index (χ2v) is 8.49. The van der Waals surface area contributed by atoms with Gasteiger partial charge in [-0.3, -0.25) is 4.90 Å². The summed E-state index contributed by atoms with van der Waals surface area (Å²) >= 11 is 0. The van der Waals surface area contributed by atoms with Crippen molar-refractivity contribution in [1.29, 1.82) is 0 Å². The highest BCUT2D eigenvalue weighted by Crippen LogP contribution is 2.42. The Labute approximate surface area is 169 Å². The zero-order valence-electron chi connectivity index (χ0n) is 16.6. The van der Waals surface area contributed by atoms with Gasteiger partial charge in [-0.25, -0.2) is 14.2 Å². The summed E-state index contributed by atoms with van der Waals surface area (Å²) in [4.78, 5) is 23.9. The Morgan fingerprint density at radius 3 is 2.90 bits per heavy atom. The molecular weight excluding hydrogens is 371 g/mol. The maximum atomic E-state index is 13.6. The van der Waals surface area contributed by atoms with Crippen LogP contribution in [0.2, 0.25) is 0 Å². The summed E-state index contributed by atoms with van der Waals surface area (Å²) in [5, 5.41) is 0. The third-order valence-corrected chi connectivity index (χ3v) is 6.27. The van der Waals surface area contributed by atoms with Crippen molar-refractivity contribution in [3.8, 4) is 5.75 Å². The van der Waals surface area contributed by atoms with E-state index in [1.807, 2.05) is 36.2 Å². The van der Waals surface area contributed by atoms with Crippen molar-refractivity contribution in [2.24, 2.45) is 5.41 Å². The number of halogens is 1. The van der Waals surface area contributed by atoms with Crippen LogP contribution in [0, 0.1) is 11.2 Å². The maximum absolute atomic E-state index is 13.6. The summed E-state index contributed by atoms with van der Waals surface area (Å²) in [6.45, 7) is 5.69. The molecule has 2 aromatic rings. The summed E-state index contributed by atoms with van der Waals surface area (Å²) in [6.07, 6.45) is 3.94. The molecule has 0 saturated carbocycles. The first-order valence-electron chi connectivity index (χ1n) is 10.2. The van der Waals surface area contributed by atoms with Crippen LogP contribution in [0.4, 0.5) is 20.7 Å². The van der Waals surface area contributed by atoms with Crippen LogP contribution in [-0.2, 0) is 0 Å². The van der Waals surface area contributed by atoms with Crippen molar-refractivity contribution in [2.45, 2.75) is 25.8 Å². The number of hydrogen-bond donors (Lipinski definition) is 0. The molecule has 29 heavy (non-hydrogen) atoms. The van der Waals surface area contributed by atoms with E-state index in [0.29, 0.717) is 18.0 Å². The lowest BCUT2D eigenvalue weighted by Gasteiger charge is -2.55. The Balaban J connectivity index is 1.32. The van der Waals surface area contributed by atoms with Gasteiger partial charge in [-0.15, -0.1) is 0 Å². The van der Waals surface area contributed by atoms with Crippen molar-refractivity contribution in [3.63, 3.8) is 0 Å². The normalized spacial score (nSPS) is 22.7. The molecule has 7 heteroatoms. The zero-order valence-corrected chi connectivity index (χ0v) is 16.6. The van der Waals surface area contributed by atoms with E-state index in [-0.39, 0.29) is 23.3 Å². The molecule has 3 aliphatic rings. The predicted octanol–water partition coefficient (Wildman–Crippen LogP) is 3.53. The maximum Gasteiger partial charge on any atom is 0.324 e. The van der Waals surface area contributed by atoms with Crippen LogP contribution >= 0.6 is 0 Å². The number of carbonyl (C=O) groups excluding carboxylic acids is 1. The first-order chi connectivity index (χ1) is 14.0. The number of pyridine rings is 1. The zero-order chi connectivity index (χ0) is 20.0. The fourth-order valence-corrected chi connectivity index (χ4v) is 4.86. The van der Waals surface area contributed by atoms with Gasteiger partial charge in [0.05, 0.1) is 11.7 Å². The van der Waals surface area contributed by atoms with Gasteiger partial charge in [-0.05, 0) is 44.0 Å². The average Bonchev–Trinajstić information content (AvgIpc) is 2.72. The van der Waals surface area contributed by atoms with Crippen LogP contribution in [0.3, 0.4) is 0 Å². The van der Waals surface area contributed by atoms with Gasteiger partial charge < -0.3 is 14.5 Å². The predicted molar refractivity (Wildman–Crippen MR) is 109 cm³/mol. The number of benzene rings is 1. The molecule has 1 atom stereocenters. The molecule has 3 aliphatic heterocycles. The Hall–Kier alpha value is -2.83. The lowest BCUT2D eigenvalue weighted by atomic mass is 9.73. The van der Waals surface area contributed by atoms with E-state index in [2.05, 4.69) is 9.88 Å². The number of carbonyl (C=O) groups is 1. The molecule has 0 bridgehead atoms. The van der Waals surface area contributed by atoms with Crippen LogP contribution in [-0.4, -0.2) is 54.7 Å². The fraction of sp³-hybridized carbons (Fsp3) is 0.455. The first-order valence-corrected chi connectivity index (χ1v) is 10.2. The number of urea groups is 1. The van der Waals surface area contributed by atoms with E-state index in [1.54, 1.807) is 11.0 Å². The number of likely N-dealkylation sites (tertiary alicyclic amines) is 1. The minimum Gasteiger partial charge on any atom is -0.489 e. The van der Waals surface area contributed by atoms with E-state index in [9.17, 15) is 9.18 Å². The molecule has 1 unspecified atom stereocenters. The number of fused-ring (bicyclic) bond motifs is 1. The molecule has 0 aliphatic carbocycles. The van der Waals surface area contributed by atoms with Gasteiger partial charge in [0.1, 0.15) is 24.0 Å². The number of rotatable bonds is 1. The quantitative estimate of drug-likeness (QED) is 0.740. The Bertz CT molecular complexity index is 916. The Morgan fingerprint density at radius 2 is 2.10 bits per heavy atom. The third kappa shape index (κ3) is 3.18. The molecule has 4 heterocycles. The van der Waals surface area contributed by atoms with Crippen LogP contribution < -0.4 is 14.5 Å². The number of amides is 2. The average molecular weight is 396 g/mol. The standard InChI is InChI=1S/C22H25FN4O2/c1-16-12-29-19-11-17(23)6-7-18(19)27(16)21(28)25-10-4-8-22(13-25)14-26(15-22)20-5-2-3-9-24-20/h2-3,5-7,9,11,16H,4,8,10,12-15H2,1H3. The minimum absolute atomic E-state index is 0.0102. The van der Waals surface area contributed by atoms with Crippen molar-refractivity contribution in [1.82, 2.24) is 9.88 Å². The van der Waals surface area contributed by atoms with Crippen molar-refractivity contribution in [3.05, 3.63) is 48.4 Å². The van der Waals surface area contributed by atoms with Gasteiger partial charge in [-0.2, -0.15) is 0 Å². The van der Waals surface area contributed by atoms with Crippen molar-refractivity contribution < 1.29 is 13.9 Å². The van der Waals surface area contributed by atoms with E-state index in [1.165, 1.54) is 12.1 Å². The smallest absolute Gasteiger partial charge is 0.324 e. The first kappa shape index (κ1) is 18.2. The molecule has 2 amide bonds. The number of anilines is 2. The molecule has 1 aromatic carbocycles. The summed E-state index contributed by atoms with van der Waals surface area (Å²) in [6, 6.07) is 10.2. The van der Waals surface area contributed by atoms with Crippen molar-refractivity contribution in [2.75, 3.05) is 42.6 Å². The fourth-order valence-electron chi connectivity index (χ4n) is 4.86. The highest BCUT2D eigenvalue weighted by atomic mass is 19.1. The van der Waals surface area contributed by atoms with Crippen LogP contribution in [0.5, 0.6) is 5.75 Å². The van der Waals surface area contributed by atoms with E-state index in [4.69, 9.17) is 4.74 Å². The second kappa shape index (κ2) is 6.90. The van der Waals surface area contributed by atoms with Gasteiger partial charge in [0, 0.05) is 43.9 Å². The summed E-state index contributed by atoms with van der Waals surface area (Å²) in [5.74, 6) is 1.08. The van der Waals surface area contributed by atoms with E-state index < -0.39 is 0 Å². The van der Waals surface area contributed by atoms with Crippen LogP contribution in [0.25, 0.3) is 0 Å². The SMILES string of the molecule is CC1COc2cc(F)ccc2N1C(=O)N1CCCC2(C1)CN(c1ccccn1)C2. The van der Waals surface area contributed by atoms with Crippen molar-refractivity contribution >= 4 is 17.5 Å². The summed E-state index contributed by atoms with van der Waals surface area (Å²) in [7, 11) is 0. The molecule has 1 spiro atoms. The molecule has 2 saturated heterocycles. The molecule has 5 rings (SSSR count). The van der Waals surface area contributed by atoms with Crippen LogP contribution in [0.1, 0.15) is 19.8 Å². The molecule has 1 aromatic heterocycles. The summed E-state index contributed by atoms with van der Waals surface area (Å²) < 4.78 is 19.3. The molecule has 2 fully saturated rings. The largest absolute Gasteiger partial charge is 0.489 e. The third-order valence-electron chi connectivity index (χ3n) is 6.27. The lowest BCUT2D eigenvalue weighted by Crippen LogP contribution is -2.65. The number of piperidine rings is 1. The number of aromatic nitrogens is 1. The minimum atomic E-state index is -0.355. The Morgan fingerprint density at radius 1 is 1.24 bits per heavy atom.